The second-order valence-electron chi connectivity index (χ2n) is 6.91. The van der Waals surface area contributed by atoms with E-state index in [1.165, 1.54) is 5.56 Å². The van der Waals surface area contributed by atoms with Crippen LogP contribution >= 0.6 is 24.0 Å². The highest BCUT2D eigenvalue weighted by Crippen LogP contribution is 2.15. The molecule has 160 valence electrons. The molecule has 2 rings (SSSR count). The molecule has 1 atom stereocenters. The highest BCUT2D eigenvalue weighted by Gasteiger charge is 2.27. The molecular weight excluding hydrogens is 491 g/mol. The van der Waals surface area contributed by atoms with Gasteiger partial charge in [0.1, 0.15) is 11.9 Å². The summed E-state index contributed by atoms with van der Waals surface area (Å²) in [6, 6.07) is 8.21. The SMILES string of the molecule is CCS(=O)(=O)N1CCC(NC(=NC)NCC(C)Oc2ccc(C)cc2)CC1.I. The molecule has 1 unspecified atom stereocenters. The Morgan fingerprint density at radius 3 is 2.43 bits per heavy atom. The standard InChI is InChI=1S/C19H32N4O3S.HI/c1-5-27(24,25)23-12-10-17(11-13-23)22-19(20-4)21-14-16(3)26-18-8-6-15(2)7-9-18;/h6-9,16-17H,5,10-14H2,1-4H3,(H2,20,21,22);1H. The Kier molecular flexibility index (Phi) is 10.5. The van der Waals surface area contributed by atoms with Crippen LogP contribution in [-0.4, -0.2) is 63.3 Å². The number of nitrogens with one attached hydrogen (secondary N) is 2. The highest BCUT2D eigenvalue weighted by atomic mass is 127. The van der Waals surface area contributed by atoms with Crippen molar-refractivity contribution in [3.8, 4) is 5.75 Å². The van der Waals surface area contributed by atoms with Gasteiger partial charge in [-0.15, -0.1) is 24.0 Å². The van der Waals surface area contributed by atoms with Crippen LogP contribution in [0.15, 0.2) is 29.3 Å². The number of nitrogens with zero attached hydrogens (tertiary/aromatic N) is 2. The van der Waals surface area contributed by atoms with Crippen molar-refractivity contribution in [3.05, 3.63) is 29.8 Å². The van der Waals surface area contributed by atoms with Crippen LogP contribution in [0.3, 0.4) is 0 Å². The Labute approximate surface area is 186 Å². The number of hydrogen-bond acceptors (Lipinski definition) is 4. The van der Waals surface area contributed by atoms with Crippen LogP contribution in [0.2, 0.25) is 0 Å². The van der Waals surface area contributed by atoms with Gasteiger partial charge in [-0.2, -0.15) is 0 Å². The molecule has 1 saturated heterocycles. The van der Waals surface area contributed by atoms with E-state index in [0.717, 1.165) is 18.6 Å². The van der Waals surface area contributed by atoms with Crippen molar-refractivity contribution in [1.82, 2.24) is 14.9 Å². The smallest absolute Gasteiger partial charge is 0.213 e. The van der Waals surface area contributed by atoms with Gasteiger partial charge in [-0.1, -0.05) is 17.7 Å². The minimum Gasteiger partial charge on any atom is -0.489 e. The largest absolute Gasteiger partial charge is 0.489 e. The number of aryl methyl sites for hydroxylation is 1. The van der Waals surface area contributed by atoms with Crippen LogP contribution in [0.5, 0.6) is 5.75 Å². The maximum atomic E-state index is 11.9. The second kappa shape index (κ2) is 11.8. The summed E-state index contributed by atoms with van der Waals surface area (Å²) in [5.74, 6) is 1.72. The minimum atomic E-state index is -3.09. The number of benzene rings is 1. The average Bonchev–Trinajstić information content (AvgIpc) is 2.67. The third kappa shape index (κ3) is 7.75. The Bertz CT molecular complexity index is 717. The zero-order valence-corrected chi connectivity index (χ0v) is 20.3. The lowest BCUT2D eigenvalue weighted by molar-refractivity contribution is 0.223. The molecular formula is C19H33IN4O3S. The molecule has 0 spiro atoms. The maximum absolute atomic E-state index is 11.9. The first-order valence-corrected chi connectivity index (χ1v) is 11.1. The van der Waals surface area contributed by atoms with Crippen LogP contribution in [-0.2, 0) is 10.0 Å². The Balaban J connectivity index is 0.00000392. The van der Waals surface area contributed by atoms with Crippen LogP contribution in [0, 0.1) is 6.92 Å². The topological polar surface area (TPSA) is 83.0 Å². The monoisotopic (exact) mass is 524 g/mol. The zero-order valence-electron chi connectivity index (χ0n) is 17.1. The molecule has 9 heteroatoms. The number of hydrogen-bond donors (Lipinski definition) is 2. The fraction of sp³-hybridized carbons (Fsp3) is 0.632. The third-order valence-electron chi connectivity index (χ3n) is 4.69. The van der Waals surface area contributed by atoms with Gasteiger partial charge >= 0.3 is 0 Å². The number of rotatable bonds is 7. The van der Waals surface area contributed by atoms with Crippen LogP contribution < -0.4 is 15.4 Å². The summed E-state index contributed by atoms with van der Waals surface area (Å²) in [5, 5.41) is 6.67. The van der Waals surface area contributed by atoms with Gasteiger partial charge < -0.3 is 15.4 Å². The van der Waals surface area contributed by atoms with Gasteiger partial charge in [0, 0.05) is 26.2 Å². The molecule has 1 aliphatic heterocycles. The Morgan fingerprint density at radius 1 is 1.29 bits per heavy atom. The van der Waals surface area contributed by atoms with Crippen molar-refractivity contribution in [3.63, 3.8) is 0 Å². The van der Waals surface area contributed by atoms with E-state index in [2.05, 4.69) is 15.6 Å². The molecule has 0 radical (unpaired) electrons. The molecule has 1 aliphatic rings. The van der Waals surface area contributed by atoms with E-state index in [1.807, 2.05) is 38.1 Å². The normalized spacial score (nSPS) is 17.5. The van der Waals surface area contributed by atoms with Crippen LogP contribution in [0.4, 0.5) is 0 Å². The van der Waals surface area contributed by atoms with E-state index in [0.29, 0.717) is 25.6 Å². The van der Waals surface area contributed by atoms with E-state index < -0.39 is 10.0 Å². The maximum Gasteiger partial charge on any atom is 0.213 e. The van der Waals surface area contributed by atoms with Gasteiger partial charge in [-0.25, -0.2) is 12.7 Å². The summed E-state index contributed by atoms with van der Waals surface area (Å²) < 4.78 is 31.4. The van der Waals surface area contributed by atoms with Gasteiger partial charge in [0.25, 0.3) is 0 Å². The average molecular weight is 524 g/mol. The molecule has 2 N–H and O–H groups in total. The molecule has 0 aliphatic carbocycles. The van der Waals surface area contributed by atoms with Crippen molar-refractivity contribution < 1.29 is 13.2 Å². The fourth-order valence-corrected chi connectivity index (χ4v) is 4.11. The quantitative estimate of drug-likeness (QED) is 0.325. The molecule has 0 bridgehead atoms. The third-order valence-corrected chi connectivity index (χ3v) is 6.57. The molecule has 1 fully saturated rings. The molecule has 1 heterocycles. The van der Waals surface area contributed by atoms with E-state index in [4.69, 9.17) is 4.74 Å². The van der Waals surface area contributed by atoms with Crippen molar-refractivity contribution in [2.24, 2.45) is 4.99 Å². The summed E-state index contributed by atoms with van der Waals surface area (Å²) in [6.07, 6.45) is 1.54. The fourth-order valence-electron chi connectivity index (χ4n) is 2.98. The molecule has 28 heavy (non-hydrogen) atoms. The molecule has 0 aromatic heterocycles. The number of guanidine groups is 1. The van der Waals surface area contributed by atoms with Crippen molar-refractivity contribution >= 4 is 40.0 Å². The van der Waals surface area contributed by atoms with Gasteiger partial charge in [-0.3, -0.25) is 4.99 Å². The number of aliphatic imine (C=N–C) groups is 1. The van der Waals surface area contributed by atoms with Crippen molar-refractivity contribution in [2.45, 2.75) is 45.8 Å². The summed E-state index contributed by atoms with van der Waals surface area (Å²) in [6.45, 7) is 7.47. The van der Waals surface area contributed by atoms with E-state index >= 15 is 0 Å². The lowest BCUT2D eigenvalue weighted by Crippen LogP contribution is -2.51. The predicted molar refractivity (Wildman–Crippen MR) is 125 cm³/mol. The number of piperidine rings is 1. The summed E-state index contributed by atoms with van der Waals surface area (Å²) >= 11 is 0. The second-order valence-corrected chi connectivity index (χ2v) is 9.17. The lowest BCUT2D eigenvalue weighted by Gasteiger charge is -2.32. The first-order valence-electron chi connectivity index (χ1n) is 9.52. The lowest BCUT2D eigenvalue weighted by atomic mass is 10.1. The number of halogens is 1. The van der Waals surface area contributed by atoms with Gasteiger partial charge in [0.05, 0.1) is 12.3 Å². The van der Waals surface area contributed by atoms with Crippen LogP contribution in [0.1, 0.15) is 32.3 Å². The van der Waals surface area contributed by atoms with Gasteiger partial charge in [0.15, 0.2) is 5.96 Å². The van der Waals surface area contributed by atoms with E-state index in [9.17, 15) is 8.42 Å². The predicted octanol–water partition coefficient (Wildman–Crippen LogP) is 2.36. The Hall–Kier alpha value is -1.07. The zero-order chi connectivity index (χ0) is 19.9. The van der Waals surface area contributed by atoms with Crippen LogP contribution in [0.25, 0.3) is 0 Å². The van der Waals surface area contributed by atoms with Gasteiger partial charge in [-0.05, 0) is 45.7 Å². The molecule has 7 nitrogen and oxygen atoms in total. The van der Waals surface area contributed by atoms with Crippen molar-refractivity contribution in [2.75, 3.05) is 32.4 Å². The molecule has 0 saturated carbocycles. The van der Waals surface area contributed by atoms with Crippen molar-refractivity contribution in [1.29, 1.82) is 0 Å². The highest BCUT2D eigenvalue weighted by molar-refractivity contribution is 14.0. The Morgan fingerprint density at radius 2 is 1.89 bits per heavy atom. The summed E-state index contributed by atoms with van der Waals surface area (Å²) in [7, 11) is -1.36. The first kappa shape index (κ1) is 25.0. The number of sulfonamides is 1. The molecule has 1 aromatic carbocycles. The molecule has 1 aromatic rings. The first-order chi connectivity index (χ1) is 12.8. The summed E-state index contributed by atoms with van der Waals surface area (Å²) in [5.41, 5.74) is 1.20. The van der Waals surface area contributed by atoms with Gasteiger partial charge in [0.2, 0.25) is 10.0 Å². The summed E-state index contributed by atoms with van der Waals surface area (Å²) in [4.78, 5) is 4.26. The number of ether oxygens (including phenoxy) is 1. The van der Waals surface area contributed by atoms with E-state index in [1.54, 1.807) is 18.3 Å². The minimum absolute atomic E-state index is 0. The molecule has 0 amide bonds. The van der Waals surface area contributed by atoms with E-state index in [-0.39, 0.29) is 41.9 Å².